The molecule has 1 aromatic carbocycles. The molecule has 2 fully saturated rings. The summed E-state index contributed by atoms with van der Waals surface area (Å²) in [5.74, 6) is -9.20. The van der Waals surface area contributed by atoms with Crippen molar-refractivity contribution in [1.82, 2.24) is 40.0 Å². The van der Waals surface area contributed by atoms with Crippen LogP contribution in [0.4, 0.5) is 0 Å². The van der Waals surface area contributed by atoms with Gasteiger partial charge in [0.05, 0.1) is 48.8 Å². The third-order valence-corrected chi connectivity index (χ3v) is 15.3. The second-order valence-electron chi connectivity index (χ2n) is 24.1. The molecule has 20 heteroatoms. The number of piperidine rings is 1. The molecule has 0 bridgehead atoms. The number of Topliss-reactive ketones (excluding diaryl/α,β-unsaturated/α-hetero) is 2. The molecule has 20 nitrogen and oxygen atoms in total. The summed E-state index contributed by atoms with van der Waals surface area (Å²) >= 11 is 0. The Hall–Kier alpha value is -5.76. The number of aliphatic hydroxyl groups excluding tert-OH is 1. The number of rotatable bonds is 12. The molecular formula is C60H100N8O12. The first kappa shape index (κ1) is 70.3. The highest BCUT2D eigenvalue weighted by Gasteiger charge is 2.43. The zero-order valence-corrected chi connectivity index (χ0v) is 50.3. The standard InChI is InChI=1S/C59H96N8O12.CH4/c1-17-38(6)52-48(70)31-42(56(76)67-26-22-19-23-27-67)33-49(71)60-39(7)54(74)65(15)46(30-41-24-20-18-21-25-41)57(77)64(14)45(29-37(4)5)53(73)61-51(40(8)68)58(78)62(12)34-50(72)63(13)44(28-36(2)3)47(69)32-43(55(75)66(52)16)35-79-59(9,10)11;/h18,20-21,24-25,36-40,42-46,51-52,68H,17,19,22-23,26-35H2,1-16H3,(H,60,71)(H,61,73);1H4/t38-,39-,40+,42-,43-,44-,45-,46-,51-,52-;/m0./s1. The lowest BCUT2D eigenvalue weighted by Crippen LogP contribution is -2.61. The number of amides is 8. The van der Waals surface area contributed by atoms with E-state index < -0.39 is 144 Å². The fourth-order valence-corrected chi connectivity index (χ4v) is 10.4. The molecule has 0 unspecified atom stereocenters. The Kier molecular flexibility index (Phi) is 28.2. The van der Waals surface area contributed by atoms with E-state index in [9.17, 15) is 53.1 Å². The first-order valence-electron chi connectivity index (χ1n) is 28.4. The molecule has 2 heterocycles. The van der Waals surface area contributed by atoms with Gasteiger partial charge in [-0.2, -0.15) is 0 Å². The molecule has 0 saturated carbocycles. The summed E-state index contributed by atoms with van der Waals surface area (Å²) in [4.78, 5) is 153. The summed E-state index contributed by atoms with van der Waals surface area (Å²) in [6, 6.07) is 1.47. The molecule has 3 N–H and O–H groups in total. The molecule has 2 saturated heterocycles. The predicted molar refractivity (Wildman–Crippen MR) is 307 cm³/mol. The summed E-state index contributed by atoms with van der Waals surface area (Å²) in [7, 11) is 7.09. The number of carbonyl (C=O) groups excluding carboxylic acids is 10. The lowest BCUT2D eigenvalue weighted by atomic mass is 9.86. The van der Waals surface area contributed by atoms with E-state index in [2.05, 4.69) is 10.6 Å². The van der Waals surface area contributed by atoms with Crippen LogP contribution in [0.1, 0.15) is 147 Å². The van der Waals surface area contributed by atoms with Gasteiger partial charge in [0.2, 0.25) is 47.3 Å². The average Bonchev–Trinajstić information content (AvgIpc) is 3.39. The van der Waals surface area contributed by atoms with E-state index in [-0.39, 0.29) is 51.6 Å². The zero-order chi connectivity index (χ0) is 59.8. The molecule has 0 radical (unpaired) electrons. The summed E-state index contributed by atoms with van der Waals surface area (Å²) in [5.41, 5.74) is -0.0646. The van der Waals surface area contributed by atoms with Gasteiger partial charge in [0.15, 0.2) is 11.6 Å². The molecule has 452 valence electrons. The van der Waals surface area contributed by atoms with Gasteiger partial charge in [-0.15, -0.1) is 0 Å². The van der Waals surface area contributed by atoms with Gasteiger partial charge in [-0.3, -0.25) is 47.9 Å². The third kappa shape index (κ3) is 20.3. The van der Waals surface area contributed by atoms with Crippen LogP contribution in [-0.2, 0) is 59.1 Å². The average molecular weight is 1130 g/mol. The van der Waals surface area contributed by atoms with Gasteiger partial charge in [0.1, 0.15) is 24.2 Å². The molecule has 2 aliphatic rings. The molecule has 3 rings (SSSR count). The van der Waals surface area contributed by atoms with Crippen LogP contribution >= 0.6 is 0 Å². The van der Waals surface area contributed by atoms with Crippen LogP contribution in [0, 0.1) is 29.6 Å². The number of aliphatic hydroxyl groups is 1. The number of benzene rings is 1. The van der Waals surface area contributed by atoms with Crippen molar-refractivity contribution in [2.45, 2.75) is 196 Å². The Labute approximate surface area is 477 Å². The van der Waals surface area contributed by atoms with Gasteiger partial charge < -0.3 is 49.9 Å². The van der Waals surface area contributed by atoms with Gasteiger partial charge in [0, 0.05) is 74.0 Å². The van der Waals surface area contributed by atoms with Crippen molar-refractivity contribution >= 4 is 58.8 Å². The highest BCUT2D eigenvalue weighted by molar-refractivity contribution is 5.99. The zero-order valence-electron chi connectivity index (χ0n) is 50.3. The molecule has 0 aromatic heterocycles. The van der Waals surface area contributed by atoms with Crippen molar-refractivity contribution in [1.29, 1.82) is 0 Å². The van der Waals surface area contributed by atoms with E-state index in [1.54, 1.807) is 56.0 Å². The highest BCUT2D eigenvalue weighted by atomic mass is 16.5. The van der Waals surface area contributed by atoms with Gasteiger partial charge in [0.25, 0.3) is 0 Å². The SMILES string of the molecule is C.CC[C@H](C)[C@H]1C(=O)C[C@H](C(=O)N2CCCCC2)CC(=O)N[C@@H](C)C(=O)N(C)[C@@H](Cc2ccccc2)C(=O)N(C)[C@@H](CC(C)C)C(=O)N[C@@H]([C@@H](C)O)C(=O)N(C)CC(=O)N(C)[C@@H](CC(C)C)C(=O)C[C@@H](COC(C)(C)C)C(=O)N1C. The minimum absolute atomic E-state index is 0. The Morgan fingerprint density at radius 2 is 1.25 bits per heavy atom. The first-order chi connectivity index (χ1) is 36.8. The predicted octanol–water partition coefficient (Wildman–Crippen LogP) is 4.52. The third-order valence-electron chi connectivity index (χ3n) is 15.3. The van der Waals surface area contributed by atoms with E-state index >= 15 is 0 Å². The molecule has 0 spiro atoms. The van der Waals surface area contributed by atoms with Gasteiger partial charge in [-0.25, -0.2) is 0 Å². The normalized spacial score (nSPS) is 26.0. The molecule has 80 heavy (non-hydrogen) atoms. The summed E-state index contributed by atoms with van der Waals surface area (Å²) < 4.78 is 6.16. The van der Waals surface area contributed by atoms with E-state index in [1.807, 2.05) is 41.5 Å². The van der Waals surface area contributed by atoms with Crippen LogP contribution in [0.3, 0.4) is 0 Å². The Morgan fingerprint density at radius 3 is 1.79 bits per heavy atom. The molecule has 1 aromatic rings. The van der Waals surface area contributed by atoms with Crippen molar-refractivity contribution in [2.75, 3.05) is 61.5 Å². The number of nitrogens with zero attached hydrogens (tertiary/aromatic N) is 6. The number of nitrogens with one attached hydrogen (secondary N) is 2. The number of likely N-dealkylation sites (tertiary alicyclic amines) is 1. The van der Waals surface area contributed by atoms with Crippen molar-refractivity contribution in [2.24, 2.45) is 29.6 Å². The van der Waals surface area contributed by atoms with Gasteiger partial charge >= 0.3 is 0 Å². The molecule has 10 atom stereocenters. The Balaban J connectivity index is 0.0000219. The monoisotopic (exact) mass is 1120 g/mol. The fraction of sp³-hybridized carbons (Fsp3) is 0.733. The van der Waals surface area contributed by atoms with Crippen LogP contribution in [-0.4, -0.2) is 203 Å². The second-order valence-corrected chi connectivity index (χ2v) is 24.1. The van der Waals surface area contributed by atoms with Gasteiger partial charge in [-0.05, 0) is 90.0 Å². The number of hydrogen-bond donors (Lipinski definition) is 3. The number of carbonyl (C=O) groups is 10. The minimum Gasteiger partial charge on any atom is -0.391 e. The smallest absolute Gasteiger partial charge is 0.248 e. The number of ether oxygens (including phenoxy) is 1. The van der Waals surface area contributed by atoms with E-state index in [0.717, 1.165) is 24.2 Å². The fourth-order valence-electron chi connectivity index (χ4n) is 10.4. The van der Waals surface area contributed by atoms with Crippen molar-refractivity contribution in [3.05, 3.63) is 35.9 Å². The lowest BCUT2D eigenvalue weighted by molar-refractivity contribution is -0.151. The Morgan fingerprint density at radius 1 is 0.688 bits per heavy atom. The van der Waals surface area contributed by atoms with Crippen molar-refractivity contribution < 1.29 is 57.8 Å². The number of hydrogen-bond acceptors (Lipinski definition) is 12. The largest absolute Gasteiger partial charge is 0.391 e. The first-order valence-corrected chi connectivity index (χ1v) is 28.4. The minimum atomic E-state index is -1.59. The number of ketones is 2. The molecule has 8 amide bonds. The Bertz CT molecular complexity index is 2260. The maximum absolute atomic E-state index is 15.0. The van der Waals surface area contributed by atoms with E-state index in [0.29, 0.717) is 25.1 Å². The van der Waals surface area contributed by atoms with E-state index in [4.69, 9.17) is 4.74 Å². The van der Waals surface area contributed by atoms with Crippen molar-refractivity contribution in [3.63, 3.8) is 0 Å². The molecule has 0 aliphatic carbocycles. The van der Waals surface area contributed by atoms with E-state index in [1.165, 1.54) is 68.7 Å². The van der Waals surface area contributed by atoms with Gasteiger partial charge in [-0.1, -0.05) is 85.7 Å². The summed E-state index contributed by atoms with van der Waals surface area (Å²) in [6.07, 6.45) is 0.374. The van der Waals surface area contributed by atoms with Crippen LogP contribution in [0.5, 0.6) is 0 Å². The quantitative estimate of drug-likeness (QED) is 0.262. The highest BCUT2D eigenvalue weighted by Crippen LogP contribution is 2.27. The van der Waals surface area contributed by atoms with Crippen LogP contribution in [0.2, 0.25) is 0 Å². The summed E-state index contributed by atoms with van der Waals surface area (Å²) in [5, 5.41) is 16.4. The molecule has 2 aliphatic heterocycles. The topological polar surface area (TPSA) is 244 Å². The summed E-state index contributed by atoms with van der Waals surface area (Å²) in [6.45, 7) is 19.4. The van der Waals surface area contributed by atoms with Crippen molar-refractivity contribution in [3.8, 4) is 0 Å². The van der Waals surface area contributed by atoms with Crippen LogP contribution < -0.4 is 10.6 Å². The maximum atomic E-state index is 15.0. The van der Waals surface area contributed by atoms with Crippen LogP contribution in [0.25, 0.3) is 0 Å². The van der Waals surface area contributed by atoms with Crippen LogP contribution in [0.15, 0.2) is 30.3 Å². The molecular weight excluding hydrogens is 1020 g/mol. The lowest BCUT2D eigenvalue weighted by Gasteiger charge is -2.37. The maximum Gasteiger partial charge on any atom is 0.248 e. The number of likely N-dealkylation sites (N-methyl/N-ethyl adjacent to an activating group) is 5. The second kappa shape index (κ2) is 32.0.